The van der Waals surface area contributed by atoms with E-state index in [2.05, 4.69) is 5.32 Å². The highest BCUT2D eigenvalue weighted by molar-refractivity contribution is 5.98. The van der Waals surface area contributed by atoms with Crippen LogP contribution in [0.3, 0.4) is 0 Å². The number of carbonyl (C=O) groups excluding carboxylic acids is 2. The number of hydrogen-bond donors (Lipinski definition) is 1. The third-order valence-electron chi connectivity index (χ3n) is 4.04. The Labute approximate surface area is 129 Å². The minimum Gasteiger partial charge on any atom is -0.467 e. The van der Waals surface area contributed by atoms with E-state index in [1.165, 1.54) is 17.5 Å². The van der Waals surface area contributed by atoms with Crippen molar-refractivity contribution in [2.24, 2.45) is 0 Å². The topological polar surface area (TPSA) is 59.3 Å². The third-order valence-corrected chi connectivity index (χ3v) is 4.04. The molecule has 22 heavy (non-hydrogen) atoms. The summed E-state index contributed by atoms with van der Waals surface area (Å²) in [7, 11) is 0. The van der Waals surface area contributed by atoms with Crippen LogP contribution in [0, 0.1) is 0 Å². The number of rotatable bonds is 6. The SMILES string of the molecule is O=C(CCC(=O)c1ccc2c(c1)CCC2)NCc1ccco1. The lowest BCUT2D eigenvalue weighted by Crippen LogP contribution is -2.23. The third kappa shape index (κ3) is 3.45. The van der Waals surface area contributed by atoms with Gasteiger partial charge in [0.25, 0.3) is 0 Å². The number of aryl methyl sites for hydroxylation is 2. The maximum absolute atomic E-state index is 12.2. The molecule has 0 spiro atoms. The molecule has 1 aromatic heterocycles. The minimum absolute atomic E-state index is 0.0304. The summed E-state index contributed by atoms with van der Waals surface area (Å²) in [5.41, 5.74) is 3.36. The number of carbonyl (C=O) groups is 2. The van der Waals surface area contributed by atoms with Gasteiger partial charge in [-0.05, 0) is 48.6 Å². The summed E-state index contributed by atoms with van der Waals surface area (Å²) in [6.07, 6.45) is 5.35. The van der Waals surface area contributed by atoms with E-state index in [9.17, 15) is 9.59 Å². The second-order valence-electron chi connectivity index (χ2n) is 5.62. The first-order valence-corrected chi connectivity index (χ1v) is 7.66. The van der Waals surface area contributed by atoms with E-state index in [0.717, 1.165) is 18.4 Å². The number of ketones is 1. The van der Waals surface area contributed by atoms with Crippen molar-refractivity contribution in [3.63, 3.8) is 0 Å². The van der Waals surface area contributed by atoms with Crippen LogP contribution < -0.4 is 5.32 Å². The van der Waals surface area contributed by atoms with Gasteiger partial charge in [-0.15, -0.1) is 0 Å². The molecule has 0 saturated heterocycles. The van der Waals surface area contributed by atoms with Gasteiger partial charge in [-0.2, -0.15) is 0 Å². The van der Waals surface area contributed by atoms with Crippen LogP contribution >= 0.6 is 0 Å². The molecular formula is C18H19NO3. The van der Waals surface area contributed by atoms with Gasteiger partial charge in [0.2, 0.25) is 5.91 Å². The summed E-state index contributed by atoms with van der Waals surface area (Å²) < 4.78 is 5.14. The van der Waals surface area contributed by atoms with Crippen LogP contribution in [0.2, 0.25) is 0 Å². The number of fused-ring (bicyclic) bond motifs is 1. The Kier molecular flexibility index (Phi) is 4.37. The molecule has 1 heterocycles. The van der Waals surface area contributed by atoms with Crippen molar-refractivity contribution < 1.29 is 14.0 Å². The van der Waals surface area contributed by atoms with Crippen LogP contribution in [0.25, 0.3) is 0 Å². The highest BCUT2D eigenvalue weighted by Gasteiger charge is 2.14. The standard InChI is InChI=1S/C18H19NO3/c20-17(15-7-6-13-3-1-4-14(13)11-15)8-9-18(21)19-12-16-5-2-10-22-16/h2,5-7,10-11H,1,3-4,8-9,12H2,(H,19,21). The van der Waals surface area contributed by atoms with Crippen molar-refractivity contribution >= 4 is 11.7 Å². The van der Waals surface area contributed by atoms with Gasteiger partial charge in [-0.1, -0.05) is 12.1 Å². The Morgan fingerprint density at radius 3 is 2.77 bits per heavy atom. The number of amides is 1. The van der Waals surface area contributed by atoms with Gasteiger partial charge in [0.15, 0.2) is 5.78 Å². The molecule has 0 radical (unpaired) electrons. The van der Waals surface area contributed by atoms with Crippen LogP contribution in [0.5, 0.6) is 0 Å². The molecule has 0 aliphatic heterocycles. The molecule has 4 nitrogen and oxygen atoms in total. The zero-order valence-electron chi connectivity index (χ0n) is 12.4. The summed E-state index contributed by atoms with van der Waals surface area (Å²) in [6, 6.07) is 9.50. The molecule has 0 saturated carbocycles. The largest absolute Gasteiger partial charge is 0.467 e. The predicted molar refractivity (Wildman–Crippen MR) is 82.6 cm³/mol. The van der Waals surface area contributed by atoms with Crippen LogP contribution in [0.15, 0.2) is 41.0 Å². The van der Waals surface area contributed by atoms with Crippen LogP contribution in [0.4, 0.5) is 0 Å². The number of benzene rings is 1. The van der Waals surface area contributed by atoms with Gasteiger partial charge in [-0.3, -0.25) is 9.59 Å². The lowest BCUT2D eigenvalue weighted by Gasteiger charge is -2.05. The quantitative estimate of drug-likeness (QED) is 0.834. The number of nitrogens with one attached hydrogen (secondary N) is 1. The summed E-state index contributed by atoms with van der Waals surface area (Å²) in [5.74, 6) is 0.604. The first-order valence-electron chi connectivity index (χ1n) is 7.66. The Morgan fingerprint density at radius 1 is 1.09 bits per heavy atom. The van der Waals surface area contributed by atoms with Crippen molar-refractivity contribution in [1.29, 1.82) is 0 Å². The molecule has 0 bridgehead atoms. The highest BCUT2D eigenvalue weighted by Crippen LogP contribution is 2.23. The predicted octanol–water partition coefficient (Wildman–Crippen LogP) is 3.05. The molecule has 0 fully saturated rings. The fraction of sp³-hybridized carbons (Fsp3) is 0.333. The molecule has 3 rings (SSSR count). The van der Waals surface area contributed by atoms with Crippen molar-refractivity contribution in [3.05, 3.63) is 59.0 Å². The second-order valence-corrected chi connectivity index (χ2v) is 5.62. The zero-order chi connectivity index (χ0) is 15.4. The van der Waals surface area contributed by atoms with Crippen LogP contribution in [-0.2, 0) is 24.2 Å². The average molecular weight is 297 g/mol. The highest BCUT2D eigenvalue weighted by atomic mass is 16.3. The summed E-state index contributed by atoms with van der Waals surface area (Å²) in [6.45, 7) is 0.360. The van der Waals surface area contributed by atoms with Gasteiger partial charge in [0.1, 0.15) is 5.76 Å². The zero-order valence-corrected chi connectivity index (χ0v) is 12.4. The molecular weight excluding hydrogens is 278 g/mol. The second kappa shape index (κ2) is 6.60. The van der Waals surface area contributed by atoms with E-state index in [1.807, 2.05) is 18.2 Å². The average Bonchev–Trinajstić information content (AvgIpc) is 3.20. The Morgan fingerprint density at radius 2 is 1.95 bits per heavy atom. The molecule has 0 atom stereocenters. The lowest BCUT2D eigenvalue weighted by molar-refractivity contribution is -0.121. The molecule has 114 valence electrons. The maximum Gasteiger partial charge on any atom is 0.220 e. The van der Waals surface area contributed by atoms with E-state index in [0.29, 0.717) is 12.3 Å². The molecule has 1 aliphatic rings. The van der Waals surface area contributed by atoms with Crippen molar-refractivity contribution in [1.82, 2.24) is 5.32 Å². The molecule has 4 heteroatoms. The molecule has 1 aromatic carbocycles. The molecule has 1 N–H and O–H groups in total. The van der Waals surface area contributed by atoms with Gasteiger partial charge in [0.05, 0.1) is 12.8 Å². The molecule has 1 aliphatic carbocycles. The fourth-order valence-corrected chi connectivity index (χ4v) is 2.80. The lowest BCUT2D eigenvalue weighted by atomic mass is 10.0. The van der Waals surface area contributed by atoms with Crippen LogP contribution in [0.1, 0.15) is 46.5 Å². The van der Waals surface area contributed by atoms with Crippen molar-refractivity contribution in [3.8, 4) is 0 Å². The fourth-order valence-electron chi connectivity index (χ4n) is 2.80. The molecule has 1 amide bonds. The maximum atomic E-state index is 12.2. The van der Waals surface area contributed by atoms with Crippen molar-refractivity contribution in [2.45, 2.75) is 38.6 Å². The molecule has 0 unspecified atom stereocenters. The Bertz CT molecular complexity index is 674. The van der Waals surface area contributed by atoms with E-state index in [-0.39, 0.29) is 24.5 Å². The minimum atomic E-state index is -0.133. The summed E-state index contributed by atoms with van der Waals surface area (Å²) in [5, 5.41) is 2.75. The number of furan rings is 1. The summed E-state index contributed by atoms with van der Waals surface area (Å²) in [4.78, 5) is 23.9. The van der Waals surface area contributed by atoms with Crippen LogP contribution in [-0.4, -0.2) is 11.7 Å². The van der Waals surface area contributed by atoms with Crippen molar-refractivity contribution in [2.75, 3.05) is 0 Å². The summed E-state index contributed by atoms with van der Waals surface area (Å²) >= 11 is 0. The van der Waals surface area contributed by atoms with Gasteiger partial charge >= 0.3 is 0 Å². The van der Waals surface area contributed by atoms with Gasteiger partial charge in [0, 0.05) is 18.4 Å². The van der Waals surface area contributed by atoms with E-state index in [1.54, 1.807) is 18.4 Å². The smallest absolute Gasteiger partial charge is 0.220 e. The van der Waals surface area contributed by atoms with E-state index in [4.69, 9.17) is 4.42 Å². The Hall–Kier alpha value is -2.36. The first kappa shape index (κ1) is 14.6. The molecule has 2 aromatic rings. The monoisotopic (exact) mass is 297 g/mol. The first-order chi connectivity index (χ1) is 10.7. The number of Topliss-reactive ketones (excluding diaryl/α,β-unsaturated/α-hetero) is 1. The normalized spacial score (nSPS) is 12.9. The van der Waals surface area contributed by atoms with Gasteiger partial charge in [-0.25, -0.2) is 0 Å². The van der Waals surface area contributed by atoms with E-state index < -0.39 is 0 Å². The Balaban J connectivity index is 1.48. The van der Waals surface area contributed by atoms with Gasteiger partial charge < -0.3 is 9.73 Å². The van der Waals surface area contributed by atoms with E-state index >= 15 is 0 Å². The number of hydrogen-bond acceptors (Lipinski definition) is 3.